The van der Waals surface area contributed by atoms with Crippen molar-refractivity contribution in [2.24, 2.45) is 0 Å². The van der Waals surface area contributed by atoms with Gasteiger partial charge in [-0.25, -0.2) is 23.3 Å². The number of H-pyrrole nitrogens is 2. The minimum absolute atomic E-state index is 0.0180. The maximum atomic E-state index is 15.9. The molecule has 4 heterocycles. The number of benzene rings is 4. The second kappa shape index (κ2) is 17.3. The van der Waals surface area contributed by atoms with Crippen molar-refractivity contribution in [3.8, 4) is 45.1 Å². The van der Waals surface area contributed by atoms with Crippen LogP contribution in [0.5, 0.6) is 11.5 Å². The molecule has 15 nitrogen and oxygen atoms in total. The third-order valence-corrected chi connectivity index (χ3v) is 10.9. The van der Waals surface area contributed by atoms with E-state index in [9.17, 15) is 23.9 Å². The number of phosphoric ester groups is 1. The van der Waals surface area contributed by atoms with E-state index >= 15 is 8.78 Å². The van der Waals surface area contributed by atoms with Crippen molar-refractivity contribution in [2.75, 3.05) is 26.9 Å². The standard InChI is InChI=1S/C44H39F2N6O9P/c1-44(61-62(55,56)57,15-16-59-30-11-13-32(36(45)20-30)34-23-51(28-8-4-3-5-9-28)40-38(34)42(53)49-25-47-40)22-27-7-6-10-29(19-27)52-24-35(39-41(52)48-26-50-43(39)54)33-14-12-31(21-37(33)46)60-18-17-58-2/h3-14,19-21,23-26H,15-18,22H2,1-2H3,(H,47,49,53)(H,48,50,54)(H2,55,56,57). The number of aromatic amines is 2. The molecule has 4 aromatic heterocycles. The lowest BCUT2D eigenvalue weighted by Crippen LogP contribution is -2.32. The summed E-state index contributed by atoms with van der Waals surface area (Å²) in [5.41, 5.74) is 0.893. The number of nitrogens with zero attached hydrogens (tertiary/aromatic N) is 4. The second-order valence-electron chi connectivity index (χ2n) is 14.6. The Morgan fingerprint density at radius 2 is 1.24 bits per heavy atom. The normalized spacial score (nSPS) is 12.8. The Morgan fingerprint density at radius 1 is 0.694 bits per heavy atom. The average Bonchev–Trinajstić information content (AvgIpc) is 3.82. The Morgan fingerprint density at radius 3 is 1.79 bits per heavy atom. The van der Waals surface area contributed by atoms with E-state index in [1.165, 1.54) is 57.0 Å². The lowest BCUT2D eigenvalue weighted by molar-refractivity contribution is 0.0312. The number of nitrogens with one attached hydrogen (secondary N) is 2. The summed E-state index contributed by atoms with van der Waals surface area (Å²) in [6.07, 6.45) is 5.70. The molecule has 0 saturated carbocycles. The first kappa shape index (κ1) is 42.0. The quantitative estimate of drug-likeness (QED) is 0.0564. The lowest BCUT2D eigenvalue weighted by Gasteiger charge is -2.30. The average molecular weight is 865 g/mol. The van der Waals surface area contributed by atoms with Crippen LogP contribution in [0.15, 0.2) is 126 Å². The van der Waals surface area contributed by atoms with Gasteiger partial charge in [0.05, 0.1) is 42.2 Å². The Balaban J connectivity index is 1.03. The van der Waals surface area contributed by atoms with Crippen LogP contribution in [0.3, 0.4) is 0 Å². The monoisotopic (exact) mass is 864 g/mol. The predicted octanol–water partition coefficient (Wildman–Crippen LogP) is 7.26. The minimum Gasteiger partial charge on any atom is -0.493 e. The molecule has 0 fully saturated rings. The van der Waals surface area contributed by atoms with Crippen molar-refractivity contribution >= 4 is 29.9 Å². The molecule has 4 N–H and O–H groups in total. The molecule has 0 amide bonds. The molecule has 62 heavy (non-hydrogen) atoms. The lowest BCUT2D eigenvalue weighted by atomic mass is 9.93. The second-order valence-corrected chi connectivity index (χ2v) is 15.8. The summed E-state index contributed by atoms with van der Waals surface area (Å²) >= 11 is 0. The van der Waals surface area contributed by atoms with E-state index in [0.717, 1.165) is 5.69 Å². The predicted molar refractivity (Wildman–Crippen MR) is 227 cm³/mol. The van der Waals surface area contributed by atoms with Gasteiger partial charge in [0, 0.05) is 78.1 Å². The summed E-state index contributed by atoms with van der Waals surface area (Å²) in [4.78, 5) is 59.9. The van der Waals surface area contributed by atoms with Gasteiger partial charge < -0.3 is 43.1 Å². The SMILES string of the molecule is COCCOc1ccc(-c2cn(-c3cccc(CC(C)(CCOc4ccc(-c5cn(-c6ccccc6)c6nc[nH]c(=O)c56)c(F)c4)OP(=O)(O)O)c3)c3nc[nH]c(=O)c23)c(F)c1. The number of para-hydroxylation sites is 1. The van der Waals surface area contributed by atoms with Crippen LogP contribution in [0.25, 0.3) is 55.7 Å². The van der Waals surface area contributed by atoms with Crippen LogP contribution in [0.4, 0.5) is 8.78 Å². The number of phosphoric acid groups is 1. The van der Waals surface area contributed by atoms with Gasteiger partial charge in [-0.15, -0.1) is 0 Å². The van der Waals surface area contributed by atoms with Crippen LogP contribution < -0.4 is 20.6 Å². The molecular weight excluding hydrogens is 825 g/mol. The van der Waals surface area contributed by atoms with Crippen LogP contribution in [-0.2, 0) is 20.2 Å². The van der Waals surface area contributed by atoms with Crippen molar-refractivity contribution in [2.45, 2.75) is 25.4 Å². The molecular formula is C44H39F2N6O9P. The van der Waals surface area contributed by atoms with Gasteiger partial charge in [-0.1, -0.05) is 30.3 Å². The van der Waals surface area contributed by atoms with Gasteiger partial charge in [0.15, 0.2) is 11.3 Å². The minimum atomic E-state index is -5.04. The highest BCUT2D eigenvalue weighted by atomic mass is 31.2. The molecule has 8 aromatic rings. The van der Waals surface area contributed by atoms with Gasteiger partial charge in [-0.05, 0) is 61.0 Å². The summed E-state index contributed by atoms with van der Waals surface area (Å²) in [5.74, 6) is -0.872. The van der Waals surface area contributed by atoms with Crippen LogP contribution in [0.2, 0.25) is 0 Å². The third kappa shape index (κ3) is 8.84. The highest BCUT2D eigenvalue weighted by molar-refractivity contribution is 7.46. The summed E-state index contributed by atoms with van der Waals surface area (Å²) in [6, 6.07) is 24.7. The Labute approximate surface area is 351 Å². The number of hydrogen-bond donors (Lipinski definition) is 4. The Hall–Kier alpha value is -6.75. The molecule has 318 valence electrons. The van der Waals surface area contributed by atoms with Crippen molar-refractivity contribution in [1.29, 1.82) is 0 Å². The molecule has 1 atom stereocenters. The van der Waals surface area contributed by atoms with E-state index in [2.05, 4.69) is 19.9 Å². The largest absolute Gasteiger partial charge is 0.493 e. The zero-order valence-electron chi connectivity index (χ0n) is 33.2. The molecule has 0 aliphatic heterocycles. The molecule has 8 rings (SSSR count). The molecule has 0 saturated heterocycles. The molecule has 18 heteroatoms. The molecule has 0 radical (unpaired) electrons. The molecule has 0 aliphatic rings. The summed E-state index contributed by atoms with van der Waals surface area (Å²) in [7, 11) is -3.51. The van der Waals surface area contributed by atoms with E-state index in [-0.39, 0.29) is 64.9 Å². The fraction of sp³-hybridized carbons (Fsp3) is 0.182. The fourth-order valence-electron chi connectivity index (χ4n) is 7.47. The zero-order chi connectivity index (χ0) is 43.6. The third-order valence-electron chi connectivity index (χ3n) is 10.2. The maximum absolute atomic E-state index is 15.9. The molecule has 0 bridgehead atoms. The van der Waals surface area contributed by atoms with Gasteiger partial charge >= 0.3 is 7.82 Å². The molecule has 4 aromatic carbocycles. The number of fused-ring (bicyclic) bond motifs is 2. The number of aromatic nitrogens is 6. The topological polar surface area (TPSA) is 196 Å². The number of hydrogen-bond acceptors (Lipinski definition) is 9. The van der Waals surface area contributed by atoms with Crippen LogP contribution in [-0.4, -0.2) is 71.4 Å². The highest BCUT2D eigenvalue weighted by Crippen LogP contribution is 2.44. The van der Waals surface area contributed by atoms with Gasteiger partial charge in [-0.2, -0.15) is 0 Å². The highest BCUT2D eigenvalue weighted by Gasteiger charge is 2.34. The number of rotatable bonds is 16. The van der Waals surface area contributed by atoms with Crippen molar-refractivity contribution in [3.63, 3.8) is 0 Å². The van der Waals surface area contributed by atoms with Gasteiger partial charge in [0.2, 0.25) is 0 Å². The zero-order valence-corrected chi connectivity index (χ0v) is 34.1. The Kier molecular flexibility index (Phi) is 11.7. The van der Waals surface area contributed by atoms with Crippen molar-refractivity contribution in [1.82, 2.24) is 29.1 Å². The fourth-order valence-corrected chi connectivity index (χ4v) is 8.20. The first-order chi connectivity index (χ1) is 29.8. The molecule has 0 spiro atoms. The van der Waals surface area contributed by atoms with E-state index in [0.29, 0.717) is 34.8 Å². The first-order valence-electron chi connectivity index (χ1n) is 19.2. The van der Waals surface area contributed by atoms with Gasteiger partial charge in [0.1, 0.15) is 29.7 Å². The van der Waals surface area contributed by atoms with Gasteiger partial charge in [0.25, 0.3) is 11.1 Å². The maximum Gasteiger partial charge on any atom is 0.470 e. The van der Waals surface area contributed by atoms with Gasteiger partial charge in [-0.3, -0.25) is 14.1 Å². The first-order valence-corrected chi connectivity index (χ1v) is 20.8. The summed E-state index contributed by atoms with van der Waals surface area (Å²) < 4.78 is 68.8. The van der Waals surface area contributed by atoms with E-state index in [4.69, 9.17) is 18.7 Å². The molecule has 1 unspecified atom stereocenters. The molecule has 0 aliphatic carbocycles. The summed E-state index contributed by atoms with van der Waals surface area (Å²) in [6.45, 7) is 1.93. The van der Waals surface area contributed by atoms with Crippen LogP contribution >= 0.6 is 7.82 Å². The van der Waals surface area contributed by atoms with Crippen molar-refractivity contribution < 1.29 is 41.9 Å². The van der Waals surface area contributed by atoms with E-state index < -0.39 is 36.2 Å². The van der Waals surface area contributed by atoms with E-state index in [1.807, 2.05) is 30.3 Å². The van der Waals surface area contributed by atoms with Crippen LogP contribution in [0.1, 0.15) is 18.9 Å². The van der Waals surface area contributed by atoms with E-state index in [1.54, 1.807) is 51.9 Å². The van der Waals surface area contributed by atoms with Crippen LogP contribution in [0, 0.1) is 11.6 Å². The number of halogens is 2. The van der Waals surface area contributed by atoms with Crippen molar-refractivity contribution in [3.05, 3.63) is 154 Å². The number of methoxy groups -OCH3 is 1. The Bertz CT molecular complexity index is 3090. The summed E-state index contributed by atoms with van der Waals surface area (Å²) in [5, 5.41) is 0.350. The smallest absolute Gasteiger partial charge is 0.470 e. The number of ether oxygens (including phenoxy) is 3.